The van der Waals surface area contributed by atoms with Crippen LogP contribution in [0.2, 0.25) is 5.02 Å². The summed E-state index contributed by atoms with van der Waals surface area (Å²) in [5.41, 5.74) is 0.600. The van der Waals surface area contributed by atoms with E-state index in [1.165, 1.54) is 12.1 Å². The molecule has 0 aromatic heterocycles. The molecule has 1 fully saturated rings. The molecular weight excluding hydrogens is 409 g/mol. The Bertz CT molecular complexity index is 719. The molecule has 162 valence electrons. The van der Waals surface area contributed by atoms with Crippen LogP contribution in [0.25, 0.3) is 0 Å². The van der Waals surface area contributed by atoms with Crippen LogP contribution in [0.15, 0.2) is 18.2 Å². The van der Waals surface area contributed by atoms with Crippen molar-refractivity contribution in [2.24, 2.45) is 5.92 Å². The lowest BCUT2D eigenvalue weighted by Crippen LogP contribution is -2.44. The van der Waals surface area contributed by atoms with Crippen molar-refractivity contribution in [1.82, 2.24) is 10.2 Å². The fourth-order valence-corrected chi connectivity index (χ4v) is 3.80. The van der Waals surface area contributed by atoms with Crippen LogP contribution in [0.1, 0.15) is 51.0 Å². The Morgan fingerprint density at radius 2 is 1.93 bits per heavy atom. The maximum Gasteiger partial charge on any atom is 0.573 e. The molecule has 1 unspecified atom stereocenters. The monoisotopic (exact) mass is 434 g/mol. The third-order valence-electron chi connectivity index (χ3n) is 5.17. The number of nitrogens with zero attached hydrogens (tertiary/aromatic N) is 1. The molecule has 0 saturated carbocycles. The van der Waals surface area contributed by atoms with E-state index in [9.17, 15) is 22.8 Å². The zero-order valence-corrected chi connectivity index (χ0v) is 17.3. The van der Waals surface area contributed by atoms with Gasteiger partial charge in [0.25, 0.3) is 0 Å². The van der Waals surface area contributed by atoms with Crippen molar-refractivity contribution in [2.75, 3.05) is 19.6 Å². The molecule has 0 aliphatic carbocycles. The number of amides is 2. The predicted molar refractivity (Wildman–Crippen MR) is 104 cm³/mol. The lowest BCUT2D eigenvalue weighted by atomic mass is 9.88. The number of hydrogen-bond acceptors (Lipinski definition) is 3. The van der Waals surface area contributed by atoms with Gasteiger partial charge in [-0.2, -0.15) is 0 Å². The molecule has 1 atom stereocenters. The molecule has 5 nitrogen and oxygen atoms in total. The summed E-state index contributed by atoms with van der Waals surface area (Å²) in [6.45, 7) is 4.94. The van der Waals surface area contributed by atoms with Gasteiger partial charge in [0.2, 0.25) is 11.8 Å². The van der Waals surface area contributed by atoms with Crippen LogP contribution in [-0.4, -0.2) is 42.7 Å². The first-order valence-electron chi connectivity index (χ1n) is 9.75. The number of hydrogen-bond donors (Lipinski definition) is 1. The number of ether oxygens (including phenoxy) is 1. The Morgan fingerprint density at radius 3 is 2.48 bits per heavy atom. The quantitative estimate of drug-likeness (QED) is 0.687. The Labute approximate surface area is 173 Å². The Kier molecular flexibility index (Phi) is 8.19. The van der Waals surface area contributed by atoms with Gasteiger partial charge in [0.05, 0.1) is 10.9 Å². The van der Waals surface area contributed by atoms with Crippen molar-refractivity contribution >= 4 is 23.4 Å². The van der Waals surface area contributed by atoms with Crippen LogP contribution in [0.3, 0.4) is 0 Å². The molecule has 1 aliphatic rings. The summed E-state index contributed by atoms with van der Waals surface area (Å²) in [6, 6.07) is 4.38. The smallest absolute Gasteiger partial charge is 0.404 e. The van der Waals surface area contributed by atoms with Gasteiger partial charge in [-0.15, -0.1) is 13.2 Å². The van der Waals surface area contributed by atoms with Crippen LogP contribution in [-0.2, 0) is 9.59 Å². The van der Waals surface area contributed by atoms with Crippen LogP contribution in [0.5, 0.6) is 5.75 Å². The van der Waals surface area contributed by atoms with E-state index in [4.69, 9.17) is 11.6 Å². The predicted octanol–water partition coefficient (Wildman–Crippen LogP) is 4.50. The second-order valence-corrected chi connectivity index (χ2v) is 7.45. The summed E-state index contributed by atoms with van der Waals surface area (Å²) in [5, 5.41) is 2.72. The summed E-state index contributed by atoms with van der Waals surface area (Å²) < 4.78 is 41.6. The molecule has 2 rings (SSSR count). The minimum absolute atomic E-state index is 0.0115. The minimum atomic E-state index is -4.81. The molecule has 2 amide bonds. The van der Waals surface area contributed by atoms with E-state index in [0.717, 1.165) is 0 Å². The highest BCUT2D eigenvalue weighted by Crippen LogP contribution is 2.39. The minimum Gasteiger partial charge on any atom is -0.404 e. The highest BCUT2D eigenvalue weighted by molar-refractivity contribution is 6.32. The Balaban J connectivity index is 1.99. The largest absolute Gasteiger partial charge is 0.573 e. The molecule has 0 bridgehead atoms. The summed E-state index contributed by atoms with van der Waals surface area (Å²) in [5.74, 6) is -0.849. The molecule has 1 aromatic rings. The van der Waals surface area contributed by atoms with Gasteiger partial charge in [0.1, 0.15) is 5.75 Å². The lowest BCUT2D eigenvalue weighted by molar-refractivity contribution is -0.274. The maximum atomic E-state index is 12.8. The number of benzene rings is 1. The number of rotatable bonds is 7. The molecule has 29 heavy (non-hydrogen) atoms. The second kappa shape index (κ2) is 10.2. The maximum absolute atomic E-state index is 12.8. The fraction of sp³-hybridized carbons (Fsp3) is 0.600. The van der Waals surface area contributed by atoms with Crippen molar-refractivity contribution in [2.45, 2.75) is 51.8 Å². The van der Waals surface area contributed by atoms with Crippen LogP contribution < -0.4 is 10.1 Å². The fourth-order valence-electron chi connectivity index (χ4n) is 3.48. The van der Waals surface area contributed by atoms with Gasteiger partial charge in [-0.1, -0.05) is 37.6 Å². The highest BCUT2D eigenvalue weighted by atomic mass is 35.5. The number of nitrogens with one attached hydrogen (secondary N) is 1. The van der Waals surface area contributed by atoms with Crippen LogP contribution >= 0.6 is 11.6 Å². The zero-order chi connectivity index (χ0) is 21.6. The summed E-state index contributed by atoms with van der Waals surface area (Å²) in [7, 11) is 0. The van der Waals surface area contributed by atoms with Crippen molar-refractivity contribution in [1.29, 1.82) is 0 Å². The van der Waals surface area contributed by atoms with E-state index in [-0.39, 0.29) is 28.7 Å². The molecule has 9 heteroatoms. The van der Waals surface area contributed by atoms with Gasteiger partial charge >= 0.3 is 6.36 Å². The number of carbonyl (C=O) groups excluding carboxylic acids is 2. The van der Waals surface area contributed by atoms with Crippen molar-refractivity contribution in [3.63, 3.8) is 0 Å². The van der Waals surface area contributed by atoms with E-state index >= 15 is 0 Å². The first kappa shape index (κ1) is 23.3. The molecule has 1 aliphatic heterocycles. The van der Waals surface area contributed by atoms with E-state index in [2.05, 4.69) is 10.1 Å². The van der Waals surface area contributed by atoms with Crippen LogP contribution in [0.4, 0.5) is 13.2 Å². The lowest BCUT2D eigenvalue weighted by Gasteiger charge is -2.34. The summed E-state index contributed by atoms with van der Waals surface area (Å²) >= 11 is 6.16. The standard InChI is InChI=1S/C20H26ClF3N2O3/c1-3-13(12-25-17(27)4-2)19(28)26-10-8-14(9-11-26)15-6-5-7-16(18(15)21)29-20(22,23)24/h5-7,13-14H,3-4,8-12H2,1-2H3,(H,25,27). The first-order valence-corrected chi connectivity index (χ1v) is 10.1. The van der Waals surface area contributed by atoms with Crippen molar-refractivity contribution < 1.29 is 27.5 Å². The van der Waals surface area contributed by atoms with Crippen molar-refractivity contribution in [3.8, 4) is 5.75 Å². The van der Waals surface area contributed by atoms with Gasteiger partial charge in [0.15, 0.2) is 0 Å². The summed E-state index contributed by atoms with van der Waals surface area (Å²) in [6.07, 6.45) is -2.63. The molecule has 0 radical (unpaired) electrons. The molecular formula is C20H26ClF3N2O3. The normalized spacial score (nSPS) is 16.4. The zero-order valence-electron chi connectivity index (χ0n) is 16.5. The van der Waals surface area contributed by atoms with Gasteiger partial charge in [-0.25, -0.2) is 0 Å². The van der Waals surface area contributed by atoms with Crippen molar-refractivity contribution in [3.05, 3.63) is 28.8 Å². The van der Waals surface area contributed by atoms with E-state index in [1.807, 2.05) is 6.92 Å². The molecule has 1 heterocycles. The second-order valence-electron chi connectivity index (χ2n) is 7.07. The SMILES string of the molecule is CCC(=O)NCC(CC)C(=O)N1CCC(c2cccc(OC(F)(F)F)c2Cl)CC1. The molecule has 1 saturated heterocycles. The topological polar surface area (TPSA) is 58.6 Å². The first-order chi connectivity index (χ1) is 13.7. The molecule has 1 aromatic carbocycles. The number of carbonyl (C=O) groups is 2. The van der Waals surface area contributed by atoms with E-state index < -0.39 is 12.1 Å². The van der Waals surface area contributed by atoms with Gasteiger partial charge in [-0.05, 0) is 36.8 Å². The number of halogens is 4. The third-order valence-corrected chi connectivity index (χ3v) is 5.58. The molecule has 0 spiro atoms. The average molecular weight is 435 g/mol. The van der Waals surface area contributed by atoms with Gasteiger partial charge in [0, 0.05) is 26.1 Å². The van der Waals surface area contributed by atoms with Gasteiger partial charge < -0.3 is 15.0 Å². The number of piperidine rings is 1. The Hall–Kier alpha value is -1.96. The highest BCUT2D eigenvalue weighted by Gasteiger charge is 2.34. The van der Waals surface area contributed by atoms with Crippen LogP contribution in [0, 0.1) is 5.92 Å². The van der Waals surface area contributed by atoms with Gasteiger partial charge in [-0.3, -0.25) is 9.59 Å². The average Bonchev–Trinajstić information content (AvgIpc) is 2.68. The third kappa shape index (κ3) is 6.52. The van der Waals surface area contributed by atoms with E-state index in [0.29, 0.717) is 50.9 Å². The number of alkyl halides is 3. The van der Waals surface area contributed by atoms with E-state index in [1.54, 1.807) is 17.9 Å². The Morgan fingerprint density at radius 1 is 1.28 bits per heavy atom. The molecule has 1 N–H and O–H groups in total. The summed E-state index contributed by atoms with van der Waals surface area (Å²) in [4.78, 5) is 26.0. The number of likely N-dealkylation sites (tertiary alicyclic amines) is 1.